The molecule has 0 unspecified atom stereocenters. The van der Waals surface area contributed by atoms with Crippen LogP contribution in [0, 0.1) is 10.1 Å². The van der Waals surface area contributed by atoms with Crippen molar-refractivity contribution in [1.29, 1.82) is 0 Å². The van der Waals surface area contributed by atoms with E-state index in [1.807, 2.05) is 0 Å². The Labute approximate surface area is 160 Å². The van der Waals surface area contributed by atoms with Crippen LogP contribution in [0.15, 0.2) is 54.6 Å². The zero-order valence-electron chi connectivity index (χ0n) is 15.1. The second kappa shape index (κ2) is 9.81. The van der Waals surface area contributed by atoms with Gasteiger partial charge in [0, 0.05) is 13.0 Å². The monoisotopic (exact) mass is 385 g/mol. The normalized spacial score (nSPS) is 11.2. The standard InChI is InChI=1S/C19H19N3O6/c1-13(23)20-16(14-7-3-2-4-8-14)11-19(25)28-12-18(24)21-15-9-5-6-10-17(15)22(26)27/h2-10,16H,11-12H2,1H3,(H,20,23)(H,21,24)/t16-/m1/s1. The maximum atomic E-state index is 12.1. The molecule has 146 valence electrons. The molecule has 0 fully saturated rings. The van der Waals surface area contributed by atoms with Crippen molar-refractivity contribution in [3.8, 4) is 0 Å². The number of nitrogens with zero attached hydrogens (tertiary/aromatic N) is 1. The molecule has 0 spiro atoms. The molecule has 0 bridgehead atoms. The Kier molecular flexibility index (Phi) is 7.21. The summed E-state index contributed by atoms with van der Waals surface area (Å²) < 4.78 is 4.94. The lowest BCUT2D eigenvalue weighted by Gasteiger charge is -2.17. The van der Waals surface area contributed by atoms with Crippen LogP contribution in [0.1, 0.15) is 24.9 Å². The van der Waals surface area contributed by atoms with Crippen molar-refractivity contribution >= 4 is 29.2 Å². The molecule has 0 aliphatic rings. The minimum absolute atomic E-state index is 0.00829. The predicted molar refractivity (Wildman–Crippen MR) is 100 cm³/mol. The van der Waals surface area contributed by atoms with Gasteiger partial charge in [-0.3, -0.25) is 24.5 Å². The van der Waals surface area contributed by atoms with Gasteiger partial charge in [-0.2, -0.15) is 0 Å². The van der Waals surface area contributed by atoms with Crippen molar-refractivity contribution in [2.24, 2.45) is 0 Å². The Bertz CT molecular complexity index is 869. The fraction of sp³-hybridized carbons (Fsp3) is 0.211. The topological polar surface area (TPSA) is 128 Å². The molecule has 0 aromatic heterocycles. The van der Waals surface area contributed by atoms with Crippen molar-refractivity contribution in [3.63, 3.8) is 0 Å². The molecule has 9 nitrogen and oxygen atoms in total. The van der Waals surface area contributed by atoms with Crippen LogP contribution in [0.5, 0.6) is 0 Å². The summed E-state index contributed by atoms with van der Waals surface area (Å²) in [5, 5.41) is 15.9. The van der Waals surface area contributed by atoms with Gasteiger partial charge in [0.25, 0.3) is 11.6 Å². The van der Waals surface area contributed by atoms with Gasteiger partial charge in [0.2, 0.25) is 5.91 Å². The molecular weight excluding hydrogens is 366 g/mol. The summed E-state index contributed by atoms with van der Waals surface area (Å²) >= 11 is 0. The highest BCUT2D eigenvalue weighted by Gasteiger charge is 2.20. The summed E-state index contributed by atoms with van der Waals surface area (Å²) in [6, 6.07) is 13.9. The lowest BCUT2D eigenvalue weighted by Crippen LogP contribution is -2.29. The first-order valence-corrected chi connectivity index (χ1v) is 8.37. The van der Waals surface area contributed by atoms with E-state index in [1.54, 1.807) is 30.3 Å². The predicted octanol–water partition coefficient (Wildman–Crippen LogP) is 2.34. The largest absolute Gasteiger partial charge is 0.455 e. The molecule has 2 aromatic rings. The third kappa shape index (κ3) is 6.20. The summed E-state index contributed by atoms with van der Waals surface area (Å²) in [5.41, 5.74) is 0.463. The SMILES string of the molecule is CC(=O)N[C@H](CC(=O)OCC(=O)Nc1ccccc1[N+](=O)[O-])c1ccccc1. The van der Waals surface area contributed by atoms with Crippen molar-refractivity contribution in [3.05, 3.63) is 70.3 Å². The van der Waals surface area contributed by atoms with Crippen molar-refractivity contribution in [2.75, 3.05) is 11.9 Å². The van der Waals surface area contributed by atoms with Gasteiger partial charge in [-0.1, -0.05) is 42.5 Å². The molecule has 2 N–H and O–H groups in total. The van der Waals surface area contributed by atoms with Crippen LogP contribution in [0.2, 0.25) is 0 Å². The van der Waals surface area contributed by atoms with Crippen LogP contribution < -0.4 is 10.6 Å². The zero-order valence-corrected chi connectivity index (χ0v) is 15.1. The van der Waals surface area contributed by atoms with E-state index in [9.17, 15) is 24.5 Å². The fourth-order valence-electron chi connectivity index (χ4n) is 2.48. The van der Waals surface area contributed by atoms with Gasteiger partial charge in [-0.05, 0) is 11.6 Å². The first-order valence-electron chi connectivity index (χ1n) is 8.37. The van der Waals surface area contributed by atoms with Crippen LogP contribution in [-0.4, -0.2) is 29.3 Å². The van der Waals surface area contributed by atoms with E-state index in [4.69, 9.17) is 4.74 Å². The molecule has 0 aliphatic heterocycles. The summed E-state index contributed by atoms with van der Waals surface area (Å²) in [5.74, 6) is -1.71. The third-order valence-electron chi connectivity index (χ3n) is 3.69. The Morgan fingerprint density at radius 2 is 1.71 bits per heavy atom. The van der Waals surface area contributed by atoms with Crippen molar-refractivity contribution in [2.45, 2.75) is 19.4 Å². The van der Waals surface area contributed by atoms with Gasteiger partial charge in [0.1, 0.15) is 5.69 Å². The maximum Gasteiger partial charge on any atom is 0.308 e. The second-order valence-corrected chi connectivity index (χ2v) is 5.85. The van der Waals surface area contributed by atoms with Gasteiger partial charge in [0.05, 0.1) is 17.4 Å². The number of amides is 2. The molecular formula is C19H19N3O6. The van der Waals surface area contributed by atoms with E-state index >= 15 is 0 Å². The molecule has 9 heteroatoms. The molecule has 0 saturated heterocycles. The van der Waals surface area contributed by atoms with Gasteiger partial charge in [0.15, 0.2) is 6.61 Å². The van der Waals surface area contributed by atoms with E-state index in [0.29, 0.717) is 0 Å². The molecule has 0 radical (unpaired) electrons. The van der Waals surface area contributed by atoms with E-state index < -0.39 is 29.4 Å². The number of rotatable bonds is 8. The second-order valence-electron chi connectivity index (χ2n) is 5.85. The lowest BCUT2D eigenvalue weighted by molar-refractivity contribution is -0.383. The number of carbonyl (C=O) groups is 3. The smallest absolute Gasteiger partial charge is 0.308 e. The van der Waals surface area contributed by atoms with Crippen LogP contribution in [0.4, 0.5) is 11.4 Å². The molecule has 2 aromatic carbocycles. The number of esters is 1. The average molecular weight is 385 g/mol. The summed E-state index contributed by atoms with van der Waals surface area (Å²) in [6.45, 7) is 0.730. The number of nitro benzene ring substituents is 1. The van der Waals surface area contributed by atoms with Gasteiger partial charge in [-0.25, -0.2) is 0 Å². The minimum Gasteiger partial charge on any atom is -0.455 e. The molecule has 2 amide bonds. The maximum absolute atomic E-state index is 12.1. The minimum atomic E-state index is -0.710. The highest BCUT2D eigenvalue weighted by atomic mass is 16.6. The number of benzene rings is 2. The molecule has 1 atom stereocenters. The number of ether oxygens (including phenoxy) is 1. The summed E-state index contributed by atoms with van der Waals surface area (Å²) in [4.78, 5) is 45.7. The molecule has 2 rings (SSSR count). The molecule has 0 saturated carbocycles. The molecule has 0 aliphatic carbocycles. The van der Waals surface area contributed by atoms with Gasteiger partial charge in [-0.15, -0.1) is 0 Å². The first kappa shape index (κ1) is 20.6. The van der Waals surface area contributed by atoms with Crippen LogP contribution in [-0.2, 0) is 19.1 Å². The quantitative estimate of drug-likeness (QED) is 0.408. The van der Waals surface area contributed by atoms with Crippen LogP contribution in [0.25, 0.3) is 0 Å². The molecule has 0 heterocycles. The number of hydrogen-bond donors (Lipinski definition) is 2. The van der Waals surface area contributed by atoms with Crippen LogP contribution >= 0.6 is 0 Å². The van der Waals surface area contributed by atoms with Gasteiger partial charge < -0.3 is 15.4 Å². The summed E-state index contributed by atoms with van der Waals surface area (Å²) in [7, 11) is 0. The van der Waals surface area contributed by atoms with Gasteiger partial charge >= 0.3 is 5.97 Å². The number of para-hydroxylation sites is 2. The fourth-order valence-corrected chi connectivity index (χ4v) is 2.48. The zero-order chi connectivity index (χ0) is 20.5. The number of carbonyl (C=O) groups excluding carboxylic acids is 3. The van der Waals surface area contributed by atoms with Crippen molar-refractivity contribution in [1.82, 2.24) is 5.32 Å². The van der Waals surface area contributed by atoms with E-state index in [-0.39, 0.29) is 23.7 Å². The van der Waals surface area contributed by atoms with Crippen LogP contribution in [0.3, 0.4) is 0 Å². The lowest BCUT2D eigenvalue weighted by atomic mass is 10.0. The highest BCUT2D eigenvalue weighted by molar-refractivity contribution is 5.94. The number of nitrogens with one attached hydrogen (secondary N) is 2. The molecule has 28 heavy (non-hydrogen) atoms. The van der Waals surface area contributed by atoms with E-state index in [2.05, 4.69) is 10.6 Å². The first-order chi connectivity index (χ1) is 13.4. The Hall–Kier alpha value is -3.75. The Morgan fingerprint density at radius 1 is 1.07 bits per heavy atom. The number of nitro groups is 1. The van der Waals surface area contributed by atoms with E-state index in [0.717, 1.165) is 5.56 Å². The third-order valence-corrected chi connectivity index (χ3v) is 3.69. The number of hydrogen-bond acceptors (Lipinski definition) is 6. The number of anilines is 1. The Balaban J connectivity index is 1.92. The van der Waals surface area contributed by atoms with Crippen molar-refractivity contribution < 1.29 is 24.0 Å². The Morgan fingerprint density at radius 3 is 2.36 bits per heavy atom. The highest BCUT2D eigenvalue weighted by Crippen LogP contribution is 2.23. The average Bonchev–Trinajstić information content (AvgIpc) is 2.66. The summed E-state index contributed by atoms with van der Waals surface area (Å²) in [6.07, 6.45) is -0.164. The van der Waals surface area contributed by atoms with E-state index in [1.165, 1.54) is 31.2 Å².